The van der Waals surface area contributed by atoms with Crippen molar-refractivity contribution in [3.05, 3.63) is 0 Å². The molecule has 3 nitrogen and oxygen atoms in total. The zero-order valence-corrected chi connectivity index (χ0v) is 9.12. The van der Waals surface area contributed by atoms with E-state index >= 15 is 0 Å². The Bertz CT molecular complexity index is 202. The lowest BCUT2D eigenvalue weighted by atomic mass is 10.1. The molecule has 1 saturated heterocycles. The molecule has 0 aromatic carbocycles. The molecule has 0 bridgehead atoms. The van der Waals surface area contributed by atoms with E-state index in [-0.39, 0.29) is 5.91 Å². The molecule has 0 aromatic rings. The molecular weight excluding hydrogens is 204 g/mol. The number of carbonyl (C=O) groups excluding carboxylic acids is 1. The maximum Gasteiger partial charge on any atom is 0.227 e. The molecule has 13 heavy (non-hydrogen) atoms. The van der Waals surface area contributed by atoms with Crippen LogP contribution in [-0.2, 0) is 4.79 Å². The first kappa shape index (κ1) is 10.8. The van der Waals surface area contributed by atoms with Crippen LogP contribution in [0.1, 0.15) is 19.3 Å². The van der Waals surface area contributed by atoms with Gasteiger partial charge in [0.05, 0.1) is 5.75 Å². The van der Waals surface area contributed by atoms with Crippen LogP contribution in [0.5, 0.6) is 0 Å². The number of nitrogens with two attached hydrogens (primary N) is 1. The van der Waals surface area contributed by atoms with Gasteiger partial charge in [-0.05, 0) is 19.3 Å². The highest BCUT2D eigenvalue weighted by atomic mass is 32.2. The Balaban J connectivity index is 2.25. The molecule has 1 amide bonds. The van der Waals surface area contributed by atoms with Crippen molar-refractivity contribution in [2.45, 2.75) is 19.3 Å². The molecule has 0 unspecified atom stereocenters. The van der Waals surface area contributed by atoms with Crippen LogP contribution in [0, 0.1) is 0 Å². The number of nitrogens with zero attached hydrogens (tertiary/aromatic N) is 1. The van der Waals surface area contributed by atoms with E-state index in [1.54, 1.807) is 0 Å². The van der Waals surface area contributed by atoms with Gasteiger partial charge in [-0.3, -0.25) is 4.79 Å². The summed E-state index contributed by atoms with van der Waals surface area (Å²) in [4.78, 5) is 12.7. The number of amides is 1. The Morgan fingerprint density at radius 3 is 2.54 bits per heavy atom. The van der Waals surface area contributed by atoms with E-state index in [1.807, 2.05) is 0 Å². The van der Waals surface area contributed by atoms with Gasteiger partial charge in [-0.25, -0.2) is 0 Å². The lowest BCUT2D eigenvalue weighted by Crippen LogP contribution is -2.33. The van der Waals surface area contributed by atoms with E-state index in [0.717, 1.165) is 17.4 Å². The summed E-state index contributed by atoms with van der Waals surface area (Å²) in [6.07, 6.45) is 3.70. The van der Waals surface area contributed by atoms with Gasteiger partial charge in [0.25, 0.3) is 0 Å². The first-order valence-corrected chi connectivity index (χ1v) is 5.79. The van der Waals surface area contributed by atoms with E-state index in [9.17, 15) is 4.79 Å². The molecule has 0 spiro atoms. The smallest absolute Gasteiger partial charge is 0.227 e. The summed E-state index contributed by atoms with van der Waals surface area (Å²) in [7, 11) is 0. The van der Waals surface area contributed by atoms with E-state index in [4.69, 9.17) is 18.0 Å². The Labute approximate surface area is 88.0 Å². The molecule has 1 rings (SSSR count). The molecule has 1 heterocycles. The van der Waals surface area contributed by atoms with Crippen LogP contribution in [0.15, 0.2) is 0 Å². The summed E-state index contributed by atoms with van der Waals surface area (Å²) in [6.45, 7) is 2.06. The van der Waals surface area contributed by atoms with Crippen LogP contribution >= 0.6 is 24.0 Å². The summed E-state index contributed by atoms with van der Waals surface area (Å²) < 4.78 is 0.818. The minimum absolute atomic E-state index is 0.301. The predicted molar refractivity (Wildman–Crippen MR) is 59.7 cm³/mol. The lowest BCUT2D eigenvalue weighted by molar-refractivity contribution is -0.115. The van der Waals surface area contributed by atoms with Crippen molar-refractivity contribution in [1.29, 1.82) is 0 Å². The fourth-order valence-electron chi connectivity index (χ4n) is 1.30. The topological polar surface area (TPSA) is 46.3 Å². The van der Waals surface area contributed by atoms with Crippen molar-refractivity contribution in [3.8, 4) is 0 Å². The molecule has 0 radical (unpaired) electrons. The first-order chi connectivity index (χ1) is 6.20. The highest BCUT2D eigenvalue weighted by molar-refractivity contribution is 8.23. The van der Waals surface area contributed by atoms with Crippen molar-refractivity contribution in [2.24, 2.45) is 5.73 Å². The summed E-state index contributed by atoms with van der Waals surface area (Å²) >= 11 is 6.55. The molecule has 0 saturated carbocycles. The zero-order chi connectivity index (χ0) is 9.68. The van der Waals surface area contributed by atoms with Crippen molar-refractivity contribution in [1.82, 2.24) is 4.90 Å². The van der Waals surface area contributed by atoms with Gasteiger partial charge in [-0.15, -0.1) is 0 Å². The van der Waals surface area contributed by atoms with Crippen LogP contribution in [0.4, 0.5) is 0 Å². The van der Waals surface area contributed by atoms with Crippen LogP contribution in [-0.4, -0.2) is 34.0 Å². The Hall–Kier alpha value is -0.290. The molecule has 5 heteroatoms. The highest BCUT2D eigenvalue weighted by Gasteiger charge is 2.13. The van der Waals surface area contributed by atoms with Crippen molar-refractivity contribution < 1.29 is 4.79 Å². The van der Waals surface area contributed by atoms with E-state index in [0.29, 0.717) is 5.75 Å². The largest absolute Gasteiger partial charge is 0.369 e. The van der Waals surface area contributed by atoms with Gasteiger partial charge in [0.15, 0.2) is 0 Å². The van der Waals surface area contributed by atoms with Crippen molar-refractivity contribution in [2.75, 3.05) is 18.8 Å². The summed E-state index contributed by atoms with van der Waals surface area (Å²) in [6, 6.07) is 0. The highest BCUT2D eigenvalue weighted by Crippen LogP contribution is 2.15. The van der Waals surface area contributed by atoms with Crippen LogP contribution in [0.3, 0.4) is 0 Å². The van der Waals surface area contributed by atoms with E-state index in [2.05, 4.69) is 4.90 Å². The van der Waals surface area contributed by atoms with Crippen molar-refractivity contribution in [3.63, 3.8) is 0 Å². The molecule has 1 aliphatic heterocycles. The van der Waals surface area contributed by atoms with Crippen LogP contribution < -0.4 is 5.73 Å². The second kappa shape index (κ2) is 5.44. The fraction of sp³-hybridized carbons (Fsp3) is 0.750. The Morgan fingerprint density at radius 2 is 2.00 bits per heavy atom. The van der Waals surface area contributed by atoms with Gasteiger partial charge in [0, 0.05) is 13.1 Å². The van der Waals surface area contributed by atoms with Gasteiger partial charge in [0.1, 0.15) is 4.32 Å². The summed E-state index contributed by atoms with van der Waals surface area (Å²) in [5.41, 5.74) is 5.03. The number of primary amides is 1. The average Bonchev–Trinajstić information content (AvgIpc) is 2.15. The van der Waals surface area contributed by atoms with E-state index < -0.39 is 0 Å². The summed E-state index contributed by atoms with van der Waals surface area (Å²) in [5, 5.41) is 0. The molecule has 74 valence electrons. The molecular formula is C8H14N2OS2. The molecule has 1 aliphatic rings. The number of thioether (sulfide) groups is 1. The predicted octanol–water partition coefficient (Wildman–Crippen LogP) is 0.976. The fourth-order valence-corrected chi connectivity index (χ4v) is 2.29. The van der Waals surface area contributed by atoms with Gasteiger partial charge in [-0.1, -0.05) is 24.0 Å². The number of carbonyl (C=O) groups is 1. The first-order valence-electron chi connectivity index (χ1n) is 4.40. The number of rotatable bonds is 2. The average molecular weight is 218 g/mol. The number of thiocarbonyl (C=S) groups is 1. The number of likely N-dealkylation sites (tertiary alicyclic amines) is 1. The molecule has 1 fully saturated rings. The normalized spacial score (nSPS) is 17.1. The molecule has 0 aromatic heterocycles. The van der Waals surface area contributed by atoms with Gasteiger partial charge in [-0.2, -0.15) is 0 Å². The monoisotopic (exact) mass is 218 g/mol. The number of hydrogen-bond donors (Lipinski definition) is 1. The van der Waals surface area contributed by atoms with Gasteiger partial charge in [0.2, 0.25) is 5.91 Å². The van der Waals surface area contributed by atoms with Crippen LogP contribution in [0.25, 0.3) is 0 Å². The summed E-state index contributed by atoms with van der Waals surface area (Å²) in [5.74, 6) is -0.000593. The third-order valence-electron chi connectivity index (χ3n) is 1.95. The maximum absolute atomic E-state index is 10.5. The second-order valence-corrected chi connectivity index (χ2v) is 4.68. The quantitative estimate of drug-likeness (QED) is 0.702. The van der Waals surface area contributed by atoms with Crippen molar-refractivity contribution >= 4 is 34.2 Å². The van der Waals surface area contributed by atoms with Gasteiger partial charge < -0.3 is 10.6 Å². The molecule has 0 aliphatic carbocycles. The minimum Gasteiger partial charge on any atom is -0.369 e. The Kier molecular flexibility index (Phi) is 4.52. The lowest BCUT2D eigenvalue weighted by Gasteiger charge is -2.28. The maximum atomic E-state index is 10.5. The molecule has 2 N–H and O–H groups in total. The van der Waals surface area contributed by atoms with Crippen LogP contribution in [0.2, 0.25) is 0 Å². The second-order valence-electron chi connectivity index (χ2n) is 3.07. The SMILES string of the molecule is NC(=O)CSC(=S)N1CCCCC1. The number of hydrogen-bond acceptors (Lipinski definition) is 3. The standard InChI is InChI=1S/C8H14N2OS2/c9-7(11)6-13-8(12)10-4-2-1-3-5-10/h1-6H2,(H2,9,11). The Morgan fingerprint density at radius 1 is 1.38 bits per heavy atom. The van der Waals surface area contributed by atoms with Gasteiger partial charge >= 0.3 is 0 Å². The van der Waals surface area contributed by atoms with E-state index in [1.165, 1.54) is 31.0 Å². The third-order valence-corrected chi connectivity index (χ3v) is 3.50. The molecule has 0 atom stereocenters. The zero-order valence-electron chi connectivity index (χ0n) is 7.49. The number of piperidine rings is 1. The minimum atomic E-state index is -0.302. The third kappa shape index (κ3) is 3.95.